The average molecular weight is 464 g/mol. The van der Waals surface area contributed by atoms with Gasteiger partial charge >= 0.3 is 0 Å². The Balaban J connectivity index is 0.00000261. The highest BCUT2D eigenvalue weighted by molar-refractivity contribution is 5.90. The molecule has 0 radical (unpaired) electrons. The summed E-state index contributed by atoms with van der Waals surface area (Å²) in [6.45, 7) is 1.85. The van der Waals surface area contributed by atoms with Gasteiger partial charge in [0.1, 0.15) is 5.82 Å². The summed E-state index contributed by atoms with van der Waals surface area (Å²) in [5.41, 5.74) is 3.08. The number of carbonyl (C=O) groups is 1. The van der Waals surface area contributed by atoms with Crippen LogP contribution in [0.5, 0.6) is 0 Å². The molecule has 0 aromatic carbocycles. The number of piperidine rings is 1. The first-order valence-corrected chi connectivity index (χ1v) is 8.51. The molecule has 1 amide bonds. The van der Waals surface area contributed by atoms with Gasteiger partial charge in [-0.15, -0.1) is 37.2 Å². The summed E-state index contributed by atoms with van der Waals surface area (Å²) in [6, 6.07) is 4.03. The molecule has 8 nitrogen and oxygen atoms in total. The van der Waals surface area contributed by atoms with Gasteiger partial charge in [-0.3, -0.25) is 20.0 Å². The second kappa shape index (κ2) is 13.3. The van der Waals surface area contributed by atoms with Crippen molar-refractivity contribution in [2.24, 2.45) is 0 Å². The van der Waals surface area contributed by atoms with Crippen molar-refractivity contribution in [2.75, 3.05) is 18.4 Å². The van der Waals surface area contributed by atoms with Crippen LogP contribution in [0.1, 0.15) is 24.1 Å². The van der Waals surface area contributed by atoms with E-state index < -0.39 is 5.91 Å². The van der Waals surface area contributed by atoms with Crippen LogP contribution in [-0.2, 0) is 11.2 Å². The fourth-order valence-corrected chi connectivity index (χ4v) is 3.12. The van der Waals surface area contributed by atoms with Gasteiger partial charge in [-0.25, -0.2) is 10.5 Å². The van der Waals surface area contributed by atoms with Crippen molar-refractivity contribution in [3.63, 3.8) is 0 Å². The van der Waals surface area contributed by atoms with E-state index in [1.165, 1.54) is 23.2 Å². The Morgan fingerprint density at radius 3 is 2.66 bits per heavy atom. The van der Waals surface area contributed by atoms with Crippen LogP contribution in [0.15, 0.2) is 43.0 Å². The lowest BCUT2D eigenvalue weighted by Gasteiger charge is -2.39. The Kier molecular flexibility index (Phi) is 12.4. The normalized spacial score (nSPS) is 18.0. The molecule has 0 unspecified atom stereocenters. The predicted octanol–water partition coefficient (Wildman–Crippen LogP) is 2.43. The van der Waals surface area contributed by atoms with E-state index in [1.807, 2.05) is 12.3 Å². The van der Waals surface area contributed by atoms with Crippen LogP contribution in [0.4, 0.5) is 5.82 Å². The van der Waals surface area contributed by atoms with Gasteiger partial charge in [-0.05, 0) is 43.5 Å². The van der Waals surface area contributed by atoms with Gasteiger partial charge in [-0.2, -0.15) is 0 Å². The monoisotopic (exact) mass is 462 g/mol. The first-order valence-electron chi connectivity index (χ1n) is 8.51. The molecule has 0 spiro atoms. The smallest absolute Gasteiger partial charge is 0.267 e. The number of hydrogen-bond donors (Lipinski definition) is 4. The molecule has 160 valence electrons. The van der Waals surface area contributed by atoms with Gasteiger partial charge in [0.15, 0.2) is 0 Å². The fourth-order valence-electron chi connectivity index (χ4n) is 3.12. The Morgan fingerprint density at radius 2 is 2.07 bits per heavy atom. The van der Waals surface area contributed by atoms with Crippen molar-refractivity contribution in [3.8, 4) is 0 Å². The summed E-state index contributed by atoms with van der Waals surface area (Å²) in [5.74, 6) is 0.0686. The molecule has 4 N–H and O–H groups in total. The molecule has 2 aromatic heterocycles. The predicted molar refractivity (Wildman–Crippen MR) is 119 cm³/mol. The number of hydrogen-bond acceptors (Lipinski definition) is 7. The Morgan fingerprint density at radius 1 is 1.24 bits per heavy atom. The number of amides is 1. The molecular weight excluding hydrogens is 439 g/mol. The van der Waals surface area contributed by atoms with Gasteiger partial charge < -0.3 is 10.6 Å². The lowest BCUT2D eigenvalue weighted by molar-refractivity contribution is -0.124. The highest BCUT2D eigenvalue weighted by Crippen LogP contribution is 2.25. The number of carbonyl (C=O) groups excluding carboxylic acids is 1. The van der Waals surface area contributed by atoms with E-state index in [-0.39, 0.29) is 42.8 Å². The molecule has 2 aromatic rings. The highest BCUT2D eigenvalue weighted by Gasteiger charge is 2.32. The molecular formula is C18H25Cl3N6O2. The van der Waals surface area contributed by atoms with Crippen LogP contribution < -0.4 is 16.1 Å². The van der Waals surface area contributed by atoms with Gasteiger partial charge in [-0.1, -0.05) is 6.07 Å². The summed E-state index contributed by atoms with van der Waals surface area (Å²) in [6.07, 6.45) is 12.5. The van der Waals surface area contributed by atoms with E-state index in [0.717, 1.165) is 32.4 Å². The Hall–Kier alpha value is -1.97. The van der Waals surface area contributed by atoms with E-state index in [0.29, 0.717) is 11.5 Å². The Bertz CT molecular complexity index is 756. The second-order valence-corrected chi connectivity index (χ2v) is 6.36. The minimum absolute atomic E-state index is 0. The number of aromatic nitrogens is 3. The molecule has 1 saturated heterocycles. The maximum Gasteiger partial charge on any atom is 0.267 e. The standard InChI is InChI=1S/C18H22N6O2.3ClH/c25-17(24-26)5-4-15-11-22-16(12-21-15)23-18(6-2-8-20-13-18)9-14-3-1-7-19-10-14;;;/h1,3-5,7,10-12,20,26H,2,6,8-9,13H2,(H,22,23)(H,24,25);3*1H/b5-4+;;;/t18-;;;/m1.../s1. The minimum atomic E-state index is -0.613. The highest BCUT2D eigenvalue weighted by atomic mass is 35.5. The van der Waals surface area contributed by atoms with Crippen LogP contribution in [0, 0.1) is 0 Å². The molecule has 1 aliphatic heterocycles. The fraction of sp³-hybridized carbons (Fsp3) is 0.333. The molecule has 0 saturated carbocycles. The third-order valence-electron chi connectivity index (χ3n) is 4.32. The number of nitrogens with one attached hydrogen (secondary N) is 3. The second-order valence-electron chi connectivity index (χ2n) is 6.36. The van der Waals surface area contributed by atoms with Crippen molar-refractivity contribution in [1.29, 1.82) is 0 Å². The maximum absolute atomic E-state index is 11.0. The van der Waals surface area contributed by atoms with Crippen LogP contribution >= 0.6 is 37.2 Å². The van der Waals surface area contributed by atoms with Crippen molar-refractivity contribution in [2.45, 2.75) is 24.8 Å². The number of rotatable bonds is 6. The lowest BCUT2D eigenvalue weighted by atomic mass is 9.84. The summed E-state index contributed by atoms with van der Waals surface area (Å²) < 4.78 is 0. The van der Waals surface area contributed by atoms with Crippen LogP contribution in [0.2, 0.25) is 0 Å². The summed E-state index contributed by atoms with van der Waals surface area (Å²) in [5, 5.41) is 15.5. The molecule has 0 bridgehead atoms. The van der Waals surface area contributed by atoms with Gasteiger partial charge in [0.2, 0.25) is 0 Å². The zero-order valence-corrected chi connectivity index (χ0v) is 18.0. The quantitative estimate of drug-likeness (QED) is 0.296. The summed E-state index contributed by atoms with van der Waals surface area (Å²) in [4.78, 5) is 23.9. The molecule has 1 atom stereocenters. The molecule has 29 heavy (non-hydrogen) atoms. The van der Waals surface area contributed by atoms with Gasteiger partial charge in [0.05, 0.1) is 23.6 Å². The van der Waals surface area contributed by atoms with Crippen molar-refractivity contribution >= 4 is 55.0 Å². The third-order valence-corrected chi connectivity index (χ3v) is 4.32. The number of nitrogens with zero attached hydrogens (tertiary/aromatic N) is 3. The molecule has 0 aliphatic carbocycles. The van der Waals surface area contributed by atoms with Gasteiger partial charge in [0, 0.05) is 25.0 Å². The topological polar surface area (TPSA) is 112 Å². The number of hydroxylamine groups is 1. The van der Waals surface area contributed by atoms with Crippen LogP contribution in [0.3, 0.4) is 0 Å². The SMILES string of the molecule is Cl.Cl.Cl.O=C(/C=C/c1cnc(N[C@@]2(Cc3cccnc3)CCCNC2)cn1)NO. The summed E-state index contributed by atoms with van der Waals surface area (Å²) in [7, 11) is 0. The number of anilines is 1. The van der Waals surface area contributed by atoms with Crippen molar-refractivity contribution < 1.29 is 10.0 Å². The zero-order chi connectivity index (χ0) is 18.2. The van der Waals surface area contributed by atoms with E-state index in [1.54, 1.807) is 18.6 Å². The first kappa shape index (κ1) is 27.0. The van der Waals surface area contributed by atoms with E-state index >= 15 is 0 Å². The largest absolute Gasteiger partial charge is 0.362 e. The first-order chi connectivity index (χ1) is 12.7. The van der Waals surface area contributed by atoms with Crippen molar-refractivity contribution in [1.82, 2.24) is 25.7 Å². The molecule has 3 rings (SSSR count). The molecule has 1 fully saturated rings. The average Bonchev–Trinajstić information content (AvgIpc) is 2.68. The minimum Gasteiger partial charge on any atom is -0.362 e. The van der Waals surface area contributed by atoms with Crippen LogP contribution in [-0.4, -0.2) is 44.7 Å². The van der Waals surface area contributed by atoms with Crippen LogP contribution in [0.25, 0.3) is 6.08 Å². The zero-order valence-electron chi connectivity index (χ0n) is 15.6. The van der Waals surface area contributed by atoms with Crippen molar-refractivity contribution in [3.05, 3.63) is 54.3 Å². The Labute approximate surface area is 188 Å². The lowest BCUT2D eigenvalue weighted by Crippen LogP contribution is -2.53. The maximum atomic E-state index is 11.0. The van der Waals surface area contributed by atoms with E-state index in [9.17, 15) is 4.79 Å². The van der Waals surface area contributed by atoms with Gasteiger partial charge in [0.25, 0.3) is 5.91 Å². The third kappa shape index (κ3) is 8.12. The summed E-state index contributed by atoms with van der Waals surface area (Å²) >= 11 is 0. The number of halogens is 3. The molecule has 1 aliphatic rings. The molecule has 3 heterocycles. The molecule has 11 heteroatoms. The van der Waals surface area contributed by atoms with E-state index in [2.05, 4.69) is 31.7 Å². The number of pyridine rings is 1. The van der Waals surface area contributed by atoms with E-state index in [4.69, 9.17) is 5.21 Å².